The molecule has 0 spiro atoms. The summed E-state index contributed by atoms with van der Waals surface area (Å²) in [5.74, 6) is 0.464. The molecule has 5 heteroatoms. The van der Waals surface area contributed by atoms with Gasteiger partial charge in [-0.15, -0.1) is 0 Å². The summed E-state index contributed by atoms with van der Waals surface area (Å²) in [5.41, 5.74) is 1.54. The van der Waals surface area contributed by atoms with E-state index < -0.39 is 0 Å². The average Bonchev–Trinajstić information content (AvgIpc) is 3.00. The van der Waals surface area contributed by atoms with Crippen LogP contribution in [0.4, 0.5) is 4.39 Å². The third kappa shape index (κ3) is 3.62. The number of morpholine rings is 1. The second kappa shape index (κ2) is 6.42. The van der Waals surface area contributed by atoms with Crippen molar-refractivity contribution in [2.45, 2.75) is 38.8 Å². The second-order valence-corrected chi connectivity index (χ2v) is 6.97. The molecule has 23 heavy (non-hydrogen) atoms. The number of nitrogens with zero attached hydrogens (tertiary/aromatic N) is 2. The van der Waals surface area contributed by atoms with Crippen molar-refractivity contribution in [3.05, 3.63) is 53.5 Å². The molecule has 2 heterocycles. The summed E-state index contributed by atoms with van der Waals surface area (Å²) < 4.78 is 25.2. The fourth-order valence-electron chi connectivity index (χ4n) is 2.69. The van der Waals surface area contributed by atoms with Crippen molar-refractivity contribution in [3.63, 3.8) is 0 Å². The van der Waals surface area contributed by atoms with Crippen LogP contribution in [-0.2, 0) is 16.7 Å². The Balaban J connectivity index is 1.82. The minimum absolute atomic E-state index is 0.0619. The van der Waals surface area contributed by atoms with Crippen LogP contribution in [0.15, 0.2) is 34.9 Å². The van der Waals surface area contributed by atoms with Gasteiger partial charge in [0.25, 0.3) is 0 Å². The van der Waals surface area contributed by atoms with Gasteiger partial charge in [0.05, 0.1) is 18.9 Å². The molecule has 0 aliphatic carbocycles. The van der Waals surface area contributed by atoms with E-state index >= 15 is 0 Å². The summed E-state index contributed by atoms with van der Waals surface area (Å²) >= 11 is 0. The molecular weight excluding hydrogens is 295 g/mol. The maximum Gasteiger partial charge on any atom is 0.214 e. The number of oxazole rings is 1. The van der Waals surface area contributed by atoms with E-state index in [0.717, 1.165) is 12.2 Å². The predicted octanol–water partition coefficient (Wildman–Crippen LogP) is 3.68. The van der Waals surface area contributed by atoms with Gasteiger partial charge in [0.1, 0.15) is 18.1 Å². The van der Waals surface area contributed by atoms with E-state index in [4.69, 9.17) is 9.15 Å². The average molecular weight is 318 g/mol. The maximum absolute atomic E-state index is 13.9. The first kappa shape index (κ1) is 16.1. The number of halogens is 1. The molecule has 1 aliphatic heterocycles. The molecule has 2 aromatic rings. The summed E-state index contributed by atoms with van der Waals surface area (Å²) in [6.45, 7) is 8.70. The monoisotopic (exact) mass is 318 g/mol. The van der Waals surface area contributed by atoms with Crippen LogP contribution in [-0.4, -0.2) is 29.6 Å². The van der Waals surface area contributed by atoms with Crippen LogP contribution in [0.1, 0.15) is 44.0 Å². The Labute approximate surface area is 136 Å². The molecule has 124 valence electrons. The Hall–Kier alpha value is -1.72. The normalized spacial score (nSPS) is 19.9. The fourth-order valence-corrected chi connectivity index (χ4v) is 2.69. The largest absolute Gasteiger partial charge is 0.447 e. The van der Waals surface area contributed by atoms with Crippen LogP contribution in [0, 0.1) is 5.82 Å². The van der Waals surface area contributed by atoms with E-state index in [1.54, 1.807) is 12.3 Å². The van der Waals surface area contributed by atoms with Crippen LogP contribution < -0.4 is 0 Å². The Morgan fingerprint density at radius 3 is 2.78 bits per heavy atom. The van der Waals surface area contributed by atoms with Crippen LogP contribution in [0.5, 0.6) is 0 Å². The van der Waals surface area contributed by atoms with Crippen LogP contribution in [0.2, 0.25) is 0 Å². The lowest BCUT2D eigenvalue weighted by Crippen LogP contribution is -2.39. The third-order valence-electron chi connectivity index (χ3n) is 4.15. The van der Waals surface area contributed by atoms with Crippen LogP contribution >= 0.6 is 0 Å². The number of benzene rings is 1. The highest BCUT2D eigenvalue weighted by Crippen LogP contribution is 2.29. The molecule has 0 N–H and O–H groups in total. The number of hydrogen-bond donors (Lipinski definition) is 0. The first-order chi connectivity index (χ1) is 10.9. The van der Waals surface area contributed by atoms with Crippen molar-refractivity contribution >= 4 is 0 Å². The van der Waals surface area contributed by atoms with Crippen LogP contribution in [0.25, 0.3) is 0 Å². The number of ether oxygens (including phenoxy) is 1. The Morgan fingerprint density at radius 2 is 2.09 bits per heavy atom. The Bertz CT molecular complexity index is 663. The zero-order valence-corrected chi connectivity index (χ0v) is 13.9. The summed E-state index contributed by atoms with van der Waals surface area (Å²) in [7, 11) is 0. The summed E-state index contributed by atoms with van der Waals surface area (Å²) in [4.78, 5) is 6.80. The number of rotatable bonds is 3. The topological polar surface area (TPSA) is 38.5 Å². The minimum atomic E-state index is -0.180. The van der Waals surface area contributed by atoms with Crippen molar-refractivity contribution < 1.29 is 13.5 Å². The quantitative estimate of drug-likeness (QED) is 0.865. The molecule has 0 amide bonds. The van der Waals surface area contributed by atoms with Crippen molar-refractivity contribution in [2.75, 3.05) is 19.8 Å². The summed E-state index contributed by atoms with van der Waals surface area (Å²) in [6.07, 6.45) is 1.71. The molecule has 1 saturated heterocycles. The van der Waals surface area contributed by atoms with E-state index in [-0.39, 0.29) is 17.3 Å². The van der Waals surface area contributed by atoms with Gasteiger partial charge in [-0.25, -0.2) is 9.37 Å². The first-order valence-corrected chi connectivity index (χ1v) is 7.96. The van der Waals surface area contributed by atoms with Gasteiger partial charge in [-0.1, -0.05) is 39.0 Å². The van der Waals surface area contributed by atoms with Gasteiger partial charge in [-0.3, -0.25) is 4.90 Å². The van der Waals surface area contributed by atoms with E-state index in [9.17, 15) is 4.39 Å². The molecule has 3 rings (SSSR count). The zero-order valence-electron chi connectivity index (χ0n) is 13.9. The molecule has 4 nitrogen and oxygen atoms in total. The Kier molecular flexibility index (Phi) is 4.50. The molecule has 1 aromatic heterocycles. The lowest BCUT2D eigenvalue weighted by molar-refractivity contribution is -0.0227. The predicted molar refractivity (Wildman–Crippen MR) is 85.6 cm³/mol. The Morgan fingerprint density at radius 1 is 1.30 bits per heavy atom. The molecule has 0 radical (unpaired) electrons. The second-order valence-electron chi connectivity index (χ2n) is 6.97. The summed E-state index contributed by atoms with van der Waals surface area (Å²) in [5, 5.41) is 0. The van der Waals surface area contributed by atoms with Crippen molar-refractivity contribution in [1.82, 2.24) is 9.88 Å². The van der Waals surface area contributed by atoms with Gasteiger partial charge >= 0.3 is 0 Å². The van der Waals surface area contributed by atoms with Crippen LogP contribution in [0.3, 0.4) is 0 Å². The number of hydrogen-bond acceptors (Lipinski definition) is 4. The van der Waals surface area contributed by atoms with Crippen molar-refractivity contribution in [1.29, 1.82) is 0 Å². The molecule has 1 aliphatic rings. The zero-order chi connectivity index (χ0) is 16.4. The smallest absolute Gasteiger partial charge is 0.214 e. The minimum Gasteiger partial charge on any atom is -0.447 e. The highest BCUT2D eigenvalue weighted by molar-refractivity contribution is 5.18. The van der Waals surface area contributed by atoms with Gasteiger partial charge in [-0.2, -0.15) is 0 Å². The molecule has 0 saturated carbocycles. The standard InChI is InChI=1S/C18H23FN2O2/c1-18(2,3)16-12-23-17(20-16)15-11-22-9-8-21(15)10-13-6-4-5-7-14(13)19/h4-7,12,15H,8-11H2,1-3H3/t15-/m0/s1. The lowest BCUT2D eigenvalue weighted by Gasteiger charge is -2.33. The molecule has 0 bridgehead atoms. The highest BCUT2D eigenvalue weighted by atomic mass is 19.1. The number of aromatic nitrogens is 1. The van der Waals surface area contributed by atoms with Gasteiger partial charge in [0.2, 0.25) is 5.89 Å². The molecule has 1 fully saturated rings. The van der Waals surface area contributed by atoms with Crippen molar-refractivity contribution in [3.8, 4) is 0 Å². The fraction of sp³-hybridized carbons (Fsp3) is 0.500. The summed E-state index contributed by atoms with van der Waals surface area (Å²) in [6, 6.07) is 6.79. The van der Waals surface area contributed by atoms with E-state index in [2.05, 4.69) is 30.7 Å². The van der Waals surface area contributed by atoms with Crippen molar-refractivity contribution in [2.24, 2.45) is 0 Å². The maximum atomic E-state index is 13.9. The molecule has 1 aromatic carbocycles. The molecule has 0 unspecified atom stereocenters. The first-order valence-electron chi connectivity index (χ1n) is 7.96. The molecular formula is C18H23FN2O2. The van der Waals surface area contributed by atoms with E-state index in [1.165, 1.54) is 6.07 Å². The van der Waals surface area contributed by atoms with Gasteiger partial charge in [-0.05, 0) is 6.07 Å². The van der Waals surface area contributed by atoms with E-state index in [1.807, 2.05) is 12.1 Å². The molecule has 1 atom stereocenters. The third-order valence-corrected chi connectivity index (χ3v) is 4.15. The lowest BCUT2D eigenvalue weighted by atomic mass is 9.93. The SMILES string of the molecule is CC(C)(C)c1coc([C@@H]2COCCN2Cc2ccccc2F)n1. The highest BCUT2D eigenvalue weighted by Gasteiger charge is 2.30. The van der Waals surface area contributed by atoms with E-state index in [0.29, 0.717) is 31.2 Å². The van der Waals surface area contributed by atoms with Gasteiger partial charge < -0.3 is 9.15 Å². The van der Waals surface area contributed by atoms with Gasteiger partial charge in [0, 0.05) is 24.1 Å². The van der Waals surface area contributed by atoms with Gasteiger partial charge in [0.15, 0.2) is 0 Å².